The lowest BCUT2D eigenvalue weighted by molar-refractivity contribution is 0.262. The predicted octanol–water partition coefficient (Wildman–Crippen LogP) is 4.89. The molecule has 5 nitrogen and oxygen atoms in total. The number of rotatable bonds is 6. The Balaban J connectivity index is 1.37. The van der Waals surface area contributed by atoms with E-state index in [2.05, 4.69) is 46.3 Å². The lowest BCUT2D eigenvalue weighted by atomic mass is 9.90. The Morgan fingerprint density at radius 1 is 1.14 bits per heavy atom. The van der Waals surface area contributed by atoms with Crippen LogP contribution in [-0.4, -0.2) is 18.1 Å². The molecular formula is C24H25N3O2. The number of hydrogen-bond acceptors (Lipinski definition) is 5. The molecule has 148 valence electrons. The van der Waals surface area contributed by atoms with Crippen molar-refractivity contribution in [1.82, 2.24) is 4.98 Å². The fourth-order valence-corrected chi connectivity index (χ4v) is 3.84. The van der Waals surface area contributed by atoms with Crippen LogP contribution in [0, 0.1) is 24.2 Å². The van der Waals surface area contributed by atoms with Crippen molar-refractivity contribution in [2.45, 2.75) is 32.8 Å². The molecule has 29 heavy (non-hydrogen) atoms. The number of anilines is 1. The van der Waals surface area contributed by atoms with Crippen molar-refractivity contribution in [1.29, 1.82) is 5.26 Å². The molecule has 1 fully saturated rings. The summed E-state index contributed by atoms with van der Waals surface area (Å²) in [5.41, 5.74) is 2.86. The van der Waals surface area contributed by atoms with Crippen molar-refractivity contribution >= 4 is 5.88 Å². The van der Waals surface area contributed by atoms with Gasteiger partial charge in [-0.15, -0.1) is 0 Å². The lowest BCUT2D eigenvalue weighted by Crippen LogP contribution is -2.34. The van der Waals surface area contributed by atoms with E-state index in [-0.39, 0.29) is 6.61 Å². The first-order valence-corrected chi connectivity index (χ1v) is 10.1. The molecular weight excluding hydrogens is 362 g/mol. The molecule has 2 aromatic carbocycles. The van der Waals surface area contributed by atoms with Crippen molar-refractivity contribution < 1.29 is 9.15 Å². The molecule has 1 aliphatic rings. The first-order chi connectivity index (χ1) is 14.2. The van der Waals surface area contributed by atoms with Crippen molar-refractivity contribution in [2.24, 2.45) is 5.92 Å². The number of ether oxygens (including phenoxy) is 1. The summed E-state index contributed by atoms with van der Waals surface area (Å²) >= 11 is 0. The number of benzene rings is 2. The van der Waals surface area contributed by atoms with E-state index in [9.17, 15) is 5.26 Å². The highest BCUT2D eigenvalue weighted by atomic mass is 16.5. The maximum Gasteiger partial charge on any atom is 0.236 e. The summed E-state index contributed by atoms with van der Waals surface area (Å²) in [6, 6.07) is 20.6. The van der Waals surface area contributed by atoms with Crippen LogP contribution in [-0.2, 0) is 13.0 Å². The van der Waals surface area contributed by atoms with Gasteiger partial charge >= 0.3 is 0 Å². The Kier molecular flexibility index (Phi) is 5.81. The van der Waals surface area contributed by atoms with Crippen LogP contribution in [0.3, 0.4) is 0 Å². The molecule has 3 aromatic rings. The highest BCUT2D eigenvalue weighted by Gasteiger charge is 2.25. The molecule has 4 rings (SSSR count). The quantitative estimate of drug-likeness (QED) is 0.602. The Labute approximate surface area is 171 Å². The molecule has 1 saturated heterocycles. The predicted molar refractivity (Wildman–Crippen MR) is 112 cm³/mol. The number of oxazole rings is 1. The van der Waals surface area contributed by atoms with E-state index in [4.69, 9.17) is 9.15 Å². The SMILES string of the molecule is Cc1cccc(OCc2nc(C#N)c(N3CCC(Cc4ccccc4)CC3)o2)c1. The lowest BCUT2D eigenvalue weighted by Gasteiger charge is -2.31. The standard InChI is InChI=1S/C24H25N3O2/c1-18-6-5-9-21(14-18)28-17-23-26-22(16-25)24(29-23)27-12-10-20(11-13-27)15-19-7-3-2-4-8-19/h2-9,14,20H,10-13,15,17H2,1H3. The van der Waals surface area contributed by atoms with Crippen molar-refractivity contribution in [3.8, 4) is 11.8 Å². The monoisotopic (exact) mass is 387 g/mol. The summed E-state index contributed by atoms with van der Waals surface area (Å²) in [5, 5.41) is 9.49. The number of aromatic nitrogens is 1. The van der Waals surface area contributed by atoms with Crippen LogP contribution in [0.15, 0.2) is 59.0 Å². The van der Waals surface area contributed by atoms with Crippen molar-refractivity contribution in [2.75, 3.05) is 18.0 Å². The van der Waals surface area contributed by atoms with Gasteiger partial charge in [-0.05, 0) is 55.4 Å². The van der Waals surface area contributed by atoms with E-state index in [1.165, 1.54) is 5.56 Å². The molecule has 1 aliphatic heterocycles. The molecule has 0 saturated carbocycles. The summed E-state index contributed by atoms with van der Waals surface area (Å²) in [4.78, 5) is 6.48. The number of nitrogens with zero attached hydrogens (tertiary/aromatic N) is 3. The van der Waals surface area contributed by atoms with Crippen LogP contribution >= 0.6 is 0 Å². The summed E-state index contributed by atoms with van der Waals surface area (Å²) in [5.74, 6) is 2.44. The van der Waals surface area contributed by atoms with Crippen LogP contribution in [0.5, 0.6) is 5.75 Å². The average molecular weight is 387 g/mol. The smallest absolute Gasteiger partial charge is 0.236 e. The third-order valence-corrected chi connectivity index (χ3v) is 5.38. The fourth-order valence-electron chi connectivity index (χ4n) is 3.84. The highest BCUT2D eigenvalue weighted by molar-refractivity contribution is 5.48. The van der Waals surface area contributed by atoms with Gasteiger partial charge < -0.3 is 14.1 Å². The second kappa shape index (κ2) is 8.83. The van der Waals surface area contributed by atoms with Crippen molar-refractivity contribution in [3.63, 3.8) is 0 Å². The molecule has 1 aromatic heterocycles. The zero-order chi connectivity index (χ0) is 20.1. The highest BCUT2D eigenvalue weighted by Crippen LogP contribution is 2.29. The largest absolute Gasteiger partial charge is 0.484 e. The van der Waals surface area contributed by atoms with E-state index in [1.807, 2.05) is 31.2 Å². The second-order valence-corrected chi connectivity index (χ2v) is 7.60. The third-order valence-electron chi connectivity index (χ3n) is 5.38. The Morgan fingerprint density at radius 3 is 2.66 bits per heavy atom. The minimum Gasteiger partial charge on any atom is -0.484 e. The molecule has 5 heteroatoms. The summed E-state index contributed by atoms with van der Waals surface area (Å²) in [6.07, 6.45) is 3.26. The molecule has 0 bridgehead atoms. The molecule has 2 heterocycles. The van der Waals surface area contributed by atoms with Gasteiger partial charge in [0.1, 0.15) is 11.8 Å². The maximum absolute atomic E-state index is 9.49. The second-order valence-electron chi connectivity index (χ2n) is 7.60. The Hall–Kier alpha value is -3.26. The van der Waals surface area contributed by atoms with Gasteiger partial charge in [0.2, 0.25) is 17.5 Å². The summed E-state index contributed by atoms with van der Waals surface area (Å²) in [7, 11) is 0. The molecule has 0 spiro atoms. The molecule has 0 amide bonds. The molecule has 0 aliphatic carbocycles. The molecule has 0 N–H and O–H groups in total. The van der Waals surface area contributed by atoms with E-state index in [0.29, 0.717) is 23.4 Å². The van der Waals surface area contributed by atoms with Gasteiger partial charge in [-0.3, -0.25) is 0 Å². The van der Waals surface area contributed by atoms with Crippen LogP contribution in [0.1, 0.15) is 35.6 Å². The molecule has 0 radical (unpaired) electrons. The van der Waals surface area contributed by atoms with Crippen LogP contribution < -0.4 is 9.64 Å². The number of nitriles is 1. The van der Waals surface area contributed by atoms with Crippen LogP contribution in [0.2, 0.25) is 0 Å². The fraction of sp³-hybridized carbons (Fsp3) is 0.333. The van der Waals surface area contributed by atoms with E-state index < -0.39 is 0 Å². The number of hydrogen-bond donors (Lipinski definition) is 0. The van der Waals surface area contributed by atoms with Gasteiger partial charge in [-0.25, -0.2) is 0 Å². The Morgan fingerprint density at radius 2 is 1.93 bits per heavy atom. The van der Waals surface area contributed by atoms with Crippen LogP contribution in [0.25, 0.3) is 0 Å². The minimum absolute atomic E-state index is 0.211. The first-order valence-electron chi connectivity index (χ1n) is 10.1. The minimum atomic E-state index is 0.211. The topological polar surface area (TPSA) is 62.3 Å². The van der Waals surface area contributed by atoms with Gasteiger partial charge in [-0.2, -0.15) is 10.2 Å². The van der Waals surface area contributed by atoms with Crippen molar-refractivity contribution in [3.05, 3.63) is 77.3 Å². The number of aryl methyl sites for hydroxylation is 1. The van der Waals surface area contributed by atoms with E-state index >= 15 is 0 Å². The van der Waals surface area contributed by atoms with Gasteiger partial charge in [0.05, 0.1) is 0 Å². The first kappa shape index (κ1) is 19.1. The summed E-state index contributed by atoms with van der Waals surface area (Å²) < 4.78 is 11.7. The van der Waals surface area contributed by atoms with Gasteiger partial charge in [0.25, 0.3) is 0 Å². The zero-order valence-corrected chi connectivity index (χ0v) is 16.7. The van der Waals surface area contributed by atoms with Crippen LogP contribution in [0.4, 0.5) is 5.88 Å². The van der Waals surface area contributed by atoms with E-state index in [0.717, 1.165) is 43.7 Å². The number of piperidine rings is 1. The maximum atomic E-state index is 9.49. The summed E-state index contributed by atoms with van der Waals surface area (Å²) in [6.45, 7) is 3.98. The van der Waals surface area contributed by atoms with E-state index in [1.54, 1.807) is 0 Å². The Bertz CT molecular complexity index is 983. The molecule has 0 atom stereocenters. The van der Waals surface area contributed by atoms with Gasteiger partial charge in [-0.1, -0.05) is 42.5 Å². The van der Waals surface area contributed by atoms with Gasteiger partial charge in [0, 0.05) is 13.1 Å². The third kappa shape index (κ3) is 4.78. The van der Waals surface area contributed by atoms with Gasteiger partial charge in [0.15, 0.2) is 6.61 Å². The normalized spacial score (nSPS) is 14.6. The average Bonchev–Trinajstić information content (AvgIpc) is 3.17. The molecule has 0 unspecified atom stereocenters. The zero-order valence-electron chi connectivity index (χ0n) is 16.7.